The van der Waals surface area contributed by atoms with Gasteiger partial charge in [-0.3, -0.25) is 0 Å². The molecule has 4 heteroatoms. The summed E-state index contributed by atoms with van der Waals surface area (Å²) in [7, 11) is 0. The molecule has 1 aromatic heterocycles. The maximum Gasteiger partial charge on any atom is 0.125 e. The first kappa shape index (κ1) is 20.4. The Morgan fingerprint density at radius 3 is 1.48 bits per heavy atom. The molecular weight excluding hydrogens is 384 g/mol. The number of hydrogen-bond acceptors (Lipinski definition) is 4. The van der Waals surface area contributed by atoms with Crippen LogP contribution >= 0.6 is 0 Å². The maximum absolute atomic E-state index is 10.7. The van der Waals surface area contributed by atoms with E-state index in [9.17, 15) is 10.2 Å². The molecule has 0 unspecified atom stereocenters. The van der Waals surface area contributed by atoms with E-state index in [0.717, 1.165) is 27.7 Å². The third-order valence-electron chi connectivity index (χ3n) is 5.12. The first-order chi connectivity index (χ1) is 14.9. The van der Waals surface area contributed by atoms with Crippen molar-refractivity contribution in [3.05, 3.63) is 106 Å². The van der Waals surface area contributed by atoms with Gasteiger partial charge in [-0.05, 0) is 38.5 Å². The molecule has 31 heavy (non-hydrogen) atoms. The van der Waals surface area contributed by atoms with E-state index in [2.05, 4.69) is 0 Å². The average Bonchev–Trinajstić information content (AvgIpc) is 2.75. The van der Waals surface area contributed by atoms with Crippen molar-refractivity contribution < 1.29 is 10.2 Å². The molecule has 3 aromatic carbocycles. The highest BCUT2D eigenvalue weighted by Gasteiger charge is 2.10. The normalized spacial score (nSPS) is 12.4. The average molecular weight is 409 g/mol. The Kier molecular flexibility index (Phi) is 5.54. The Bertz CT molecular complexity index is 1300. The molecule has 0 radical (unpaired) electrons. The Balaban J connectivity index is 1.85. The van der Waals surface area contributed by atoms with Gasteiger partial charge in [0.05, 0.1) is 22.4 Å². The molecule has 0 atom stereocenters. The molecule has 1 heterocycles. The molecule has 0 saturated heterocycles. The largest absolute Gasteiger partial charge is 0.507 e. The van der Waals surface area contributed by atoms with Crippen LogP contribution in [0.15, 0.2) is 66.7 Å². The van der Waals surface area contributed by atoms with Crippen LogP contribution in [0.5, 0.6) is 0 Å². The van der Waals surface area contributed by atoms with Crippen LogP contribution in [0.25, 0.3) is 34.7 Å². The smallest absolute Gasteiger partial charge is 0.125 e. The third kappa shape index (κ3) is 4.64. The van der Waals surface area contributed by atoms with Gasteiger partial charge in [0.15, 0.2) is 0 Å². The molecule has 0 bridgehead atoms. The van der Waals surface area contributed by atoms with Gasteiger partial charge in [0.2, 0.25) is 0 Å². The SMILES string of the molecule is Cc1ccc(/C(O)=C/c2nc3ccc(C)cc3nc2/C=C(\O)c2ccc(C)cc2)cc1. The van der Waals surface area contributed by atoms with E-state index < -0.39 is 0 Å². The number of fused-ring (bicyclic) bond motifs is 1. The summed E-state index contributed by atoms with van der Waals surface area (Å²) in [5, 5.41) is 21.4. The van der Waals surface area contributed by atoms with Crippen LogP contribution in [0.1, 0.15) is 39.2 Å². The summed E-state index contributed by atoms with van der Waals surface area (Å²) in [6.45, 7) is 5.99. The summed E-state index contributed by atoms with van der Waals surface area (Å²) in [4.78, 5) is 9.43. The second kappa shape index (κ2) is 8.44. The number of benzene rings is 3. The lowest BCUT2D eigenvalue weighted by molar-refractivity contribution is 0.514. The minimum atomic E-state index is 0.0882. The first-order valence-electron chi connectivity index (χ1n) is 10.1. The second-order valence-corrected chi connectivity index (χ2v) is 7.78. The lowest BCUT2D eigenvalue weighted by atomic mass is 10.1. The Labute approximate surface area is 181 Å². The number of aryl methyl sites for hydroxylation is 3. The predicted molar refractivity (Wildman–Crippen MR) is 128 cm³/mol. The number of aliphatic hydroxyl groups excluding tert-OH is 2. The molecule has 2 N–H and O–H groups in total. The quantitative estimate of drug-likeness (QED) is 0.370. The molecule has 154 valence electrons. The molecule has 0 aliphatic rings. The summed E-state index contributed by atoms with van der Waals surface area (Å²) >= 11 is 0. The van der Waals surface area contributed by atoms with Gasteiger partial charge in [-0.15, -0.1) is 0 Å². The minimum absolute atomic E-state index is 0.0882. The zero-order valence-corrected chi connectivity index (χ0v) is 17.8. The van der Waals surface area contributed by atoms with Gasteiger partial charge in [-0.25, -0.2) is 9.97 Å². The predicted octanol–water partition coefficient (Wildman–Crippen LogP) is 6.67. The fraction of sp³-hybridized carbons (Fsp3) is 0.111. The lowest BCUT2D eigenvalue weighted by Gasteiger charge is -2.08. The summed E-state index contributed by atoms with van der Waals surface area (Å²) in [6.07, 6.45) is 3.18. The Hall–Kier alpha value is -3.92. The monoisotopic (exact) mass is 408 g/mol. The fourth-order valence-corrected chi connectivity index (χ4v) is 3.28. The van der Waals surface area contributed by atoms with E-state index in [0.29, 0.717) is 22.5 Å². The molecule has 0 aliphatic heterocycles. The molecule has 0 spiro atoms. The summed E-state index contributed by atoms with van der Waals surface area (Å²) < 4.78 is 0. The second-order valence-electron chi connectivity index (χ2n) is 7.78. The van der Waals surface area contributed by atoms with Gasteiger partial charge in [0.25, 0.3) is 0 Å². The van der Waals surface area contributed by atoms with Crippen molar-refractivity contribution in [3.63, 3.8) is 0 Å². The number of aromatic nitrogens is 2. The van der Waals surface area contributed by atoms with Crippen LogP contribution in [0.2, 0.25) is 0 Å². The molecule has 0 saturated carbocycles. The molecule has 0 amide bonds. The molecule has 4 nitrogen and oxygen atoms in total. The van der Waals surface area contributed by atoms with Crippen LogP contribution < -0.4 is 0 Å². The molecule has 4 rings (SSSR count). The number of hydrogen-bond donors (Lipinski definition) is 2. The first-order valence-corrected chi connectivity index (χ1v) is 10.1. The zero-order valence-electron chi connectivity index (χ0n) is 17.8. The Morgan fingerprint density at radius 1 is 0.581 bits per heavy atom. The van der Waals surface area contributed by atoms with Gasteiger partial charge in [0.1, 0.15) is 11.5 Å². The van der Waals surface area contributed by atoms with E-state index in [1.165, 1.54) is 0 Å². The van der Waals surface area contributed by atoms with Crippen LogP contribution in [-0.2, 0) is 0 Å². The highest BCUT2D eigenvalue weighted by molar-refractivity contribution is 5.86. The minimum Gasteiger partial charge on any atom is -0.507 e. The van der Waals surface area contributed by atoms with E-state index in [1.807, 2.05) is 87.5 Å². The number of nitrogens with zero attached hydrogens (tertiary/aromatic N) is 2. The van der Waals surface area contributed by atoms with Gasteiger partial charge < -0.3 is 10.2 Å². The van der Waals surface area contributed by atoms with Crippen LogP contribution in [0.4, 0.5) is 0 Å². The van der Waals surface area contributed by atoms with Crippen molar-refractivity contribution in [1.82, 2.24) is 9.97 Å². The van der Waals surface area contributed by atoms with E-state index >= 15 is 0 Å². The maximum atomic E-state index is 10.7. The fourth-order valence-electron chi connectivity index (χ4n) is 3.28. The Morgan fingerprint density at radius 2 is 1.00 bits per heavy atom. The molecule has 4 aromatic rings. The number of rotatable bonds is 4. The van der Waals surface area contributed by atoms with Gasteiger partial charge in [-0.1, -0.05) is 65.7 Å². The summed E-state index contributed by atoms with van der Waals surface area (Å²) in [6, 6.07) is 21.0. The van der Waals surface area contributed by atoms with Crippen molar-refractivity contribution in [2.75, 3.05) is 0 Å². The van der Waals surface area contributed by atoms with Crippen molar-refractivity contribution in [1.29, 1.82) is 0 Å². The summed E-state index contributed by atoms with van der Waals surface area (Å²) in [5.41, 5.74) is 7.10. The zero-order chi connectivity index (χ0) is 22.0. The van der Waals surface area contributed by atoms with Crippen LogP contribution in [0, 0.1) is 20.8 Å². The topological polar surface area (TPSA) is 66.2 Å². The molecule has 0 fully saturated rings. The summed E-state index contributed by atoms with van der Waals surface area (Å²) in [5.74, 6) is 0.177. The van der Waals surface area contributed by atoms with E-state index in [1.54, 1.807) is 12.2 Å². The standard InChI is InChI=1S/C27H24N2O2/c1-17-4-9-20(10-5-17)26(30)15-24-25(16-27(31)21-11-6-18(2)7-12-21)29-23-14-19(3)8-13-22(23)28-24/h4-16,30-31H,1-3H3/b26-15-,27-16-. The van der Waals surface area contributed by atoms with Gasteiger partial charge >= 0.3 is 0 Å². The van der Waals surface area contributed by atoms with Gasteiger partial charge in [0, 0.05) is 23.3 Å². The molecule has 0 aliphatic carbocycles. The van der Waals surface area contributed by atoms with Crippen molar-refractivity contribution in [3.8, 4) is 0 Å². The highest BCUT2D eigenvalue weighted by atomic mass is 16.3. The van der Waals surface area contributed by atoms with E-state index in [-0.39, 0.29) is 11.5 Å². The van der Waals surface area contributed by atoms with E-state index in [4.69, 9.17) is 9.97 Å². The highest BCUT2D eigenvalue weighted by Crippen LogP contribution is 2.23. The van der Waals surface area contributed by atoms with Crippen molar-refractivity contribution >= 4 is 34.7 Å². The van der Waals surface area contributed by atoms with Gasteiger partial charge in [-0.2, -0.15) is 0 Å². The lowest BCUT2D eigenvalue weighted by Crippen LogP contribution is -1.97. The third-order valence-corrected chi connectivity index (χ3v) is 5.12. The van der Waals surface area contributed by atoms with Crippen LogP contribution in [-0.4, -0.2) is 20.2 Å². The number of aliphatic hydroxyl groups is 2. The van der Waals surface area contributed by atoms with Crippen LogP contribution in [0.3, 0.4) is 0 Å². The van der Waals surface area contributed by atoms with Crippen molar-refractivity contribution in [2.24, 2.45) is 0 Å². The van der Waals surface area contributed by atoms with Crippen molar-refractivity contribution in [2.45, 2.75) is 20.8 Å². The molecular formula is C27H24N2O2.